The van der Waals surface area contributed by atoms with Gasteiger partial charge in [0.2, 0.25) is 11.7 Å². The molecule has 1 aromatic rings. The van der Waals surface area contributed by atoms with Crippen LogP contribution in [0.5, 0.6) is 0 Å². The van der Waals surface area contributed by atoms with Crippen molar-refractivity contribution in [3.8, 4) is 0 Å². The number of nitrogens with zero attached hydrogens (tertiary/aromatic N) is 2. The molecule has 1 aliphatic carbocycles. The summed E-state index contributed by atoms with van der Waals surface area (Å²) in [6, 6.07) is -0.170. The Morgan fingerprint density at radius 2 is 2.19 bits per heavy atom. The Balaban J connectivity index is 2.23. The Kier molecular flexibility index (Phi) is 3.25. The average Bonchev–Trinajstić information content (AvgIpc) is 2.96. The lowest BCUT2D eigenvalue weighted by Crippen LogP contribution is -2.26. The SMILES string of the molecule is CCC(N)c1nc(C2(OC)CCCC2)no1. The number of methoxy groups -OCH3 is 1. The highest BCUT2D eigenvalue weighted by Crippen LogP contribution is 2.40. The molecule has 1 aliphatic rings. The van der Waals surface area contributed by atoms with Crippen LogP contribution in [0.3, 0.4) is 0 Å². The van der Waals surface area contributed by atoms with Crippen LogP contribution >= 0.6 is 0 Å². The van der Waals surface area contributed by atoms with Crippen LogP contribution in [0.25, 0.3) is 0 Å². The van der Waals surface area contributed by atoms with Gasteiger partial charge in [0.25, 0.3) is 0 Å². The topological polar surface area (TPSA) is 74.2 Å². The van der Waals surface area contributed by atoms with Crippen molar-refractivity contribution in [3.63, 3.8) is 0 Å². The second-order valence-corrected chi connectivity index (χ2v) is 4.38. The van der Waals surface area contributed by atoms with E-state index < -0.39 is 0 Å². The van der Waals surface area contributed by atoms with E-state index in [-0.39, 0.29) is 11.6 Å². The molecule has 0 aliphatic heterocycles. The molecule has 1 saturated carbocycles. The highest BCUT2D eigenvalue weighted by Gasteiger charge is 2.40. The van der Waals surface area contributed by atoms with Gasteiger partial charge < -0.3 is 15.0 Å². The Labute approximate surface area is 95.3 Å². The summed E-state index contributed by atoms with van der Waals surface area (Å²) in [7, 11) is 1.71. The third kappa shape index (κ3) is 1.85. The molecule has 1 heterocycles. The van der Waals surface area contributed by atoms with E-state index in [0.29, 0.717) is 11.7 Å². The maximum absolute atomic E-state index is 5.85. The summed E-state index contributed by atoms with van der Waals surface area (Å²) in [5.41, 5.74) is 5.52. The Bertz CT molecular complexity index is 345. The van der Waals surface area contributed by atoms with E-state index in [0.717, 1.165) is 32.1 Å². The molecule has 5 heteroatoms. The summed E-state index contributed by atoms with van der Waals surface area (Å²) in [5.74, 6) is 1.17. The molecule has 1 unspecified atom stereocenters. The second kappa shape index (κ2) is 4.51. The van der Waals surface area contributed by atoms with Crippen molar-refractivity contribution in [3.05, 3.63) is 11.7 Å². The number of rotatable bonds is 4. The van der Waals surface area contributed by atoms with Crippen LogP contribution in [0.15, 0.2) is 4.52 Å². The van der Waals surface area contributed by atoms with Crippen molar-refractivity contribution in [2.45, 2.75) is 50.7 Å². The van der Waals surface area contributed by atoms with Gasteiger partial charge in [0.1, 0.15) is 5.60 Å². The van der Waals surface area contributed by atoms with E-state index in [2.05, 4.69) is 10.1 Å². The third-order valence-corrected chi connectivity index (χ3v) is 3.41. The van der Waals surface area contributed by atoms with Gasteiger partial charge in [0.05, 0.1) is 6.04 Å². The van der Waals surface area contributed by atoms with Crippen LogP contribution in [0, 0.1) is 0 Å². The maximum Gasteiger partial charge on any atom is 0.243 e. The summed E-state index contributed by atoms with van der Waals surface area (Å²) in [4.78, 5) is 4.38. The summed E-state index contributed by atoms with van der Waals surface area (Å²) >= 11 is 0. The molecule has 0 aromatic carbocycles. The molecule has 90 valence electrons. The number of hydrogen-bond acceptors (Lipinski definition) is 5. The van der Waals surface area contributed by atoms with E-state index >= 15 is 0 Å². The molecule has 1 fully saturated rings. The largest absolute Gasteiger partial charge is 0.370 e. The van der Waals surface area contributed by atoms with Gasteiger partial charge in [-0.15, -0.1) is 0 Å². The summed E-state index contributed by atoms with van der Waals surface area (Å²) < 4.78 is 10.8. The van der Waals surface area contributed by atoms with Crippen molar-refractivity contribution < 1.29 is 9.26 Å². The van der Waals surface area contributed by atoms with Crippen LogP contribution in [0.4, 0.5) is 0 Å². The van der Waals surface area contributed by atoms with Crippen molar-refractivity contribution in [2.24, 2.45) is 5.73 Å². The molecular formula is C11H19N3O2. The Morgan fingerprint density at radius 3 is 2.75 bits per heavy atom. The maximum atomic E-state index is 5.85. The van der Waals surface area contributed by atoms with Crippen molar-refractivity contribution >= 4 is 0 Å². The first-order chi connectivity index (χ1) is 7.72. The molecule has 0 radical (unpaired) electrons. The first-order valence-corrected chi connectivity index (χ1v) is 5.86. The van der Waals surface area contributed by atoms with Crippen LogP contribution < -0.4 is 5.73 Å². The van der Waals surface area contributed by atoms with Crippen molar-refractivity contribution in [2.75, 3.05) is 7.11 Å². The lowest BCUT2D eigenvalue weighted by Gasteiger charge is -2.22. The lowest BCUT2D eigenvalue weighted by atomic mass is 10.0. The Hall–Kier alpha value is -0.940. The van der Waals surface area contributed by atoms with Gasteiger partial charge in [-0.25, -0.2) is 0 Å². The predicted octanol–water partition coefficient (Wildman–Crippen LogP) is 1.90. The van der Waals surface area contributed by atoms with Crippen LogP contribution in [0.1, 0.15) is 56.8 Å². The highest BCUT2D eigenvalue weighted by atomic mass is 16.5. The molecule has 16 heavy (non-hydrogen) atoms. The number of hydrogen-bond donors (Lipinski definition) is 1. The van der Waals surface area contributed by atoms with Gasteiger partial charge in [-0.1, -0.05) is 12.1 Å². The van der Waals surface area contributed by atoms with Crippen molar-refractivity contribution in [1.82, 2.24) is 10.1 Å². The summed E-state index contributed by atoms with van der Waals surface area (Å²) in [5, 5.41) is 4.02. The molecule has 1 atom stereocenters. The fourth-order valence-corrected chi connectivity index (χ4v) is 2.21. The van der Waals surface area contributed by atoms with E-state index in [4.69, 9.17) is 15.0 Å². The normalized spacial score (nSPS) is 21.2. The van der Waals surface area contributed by atoms with Crippen molar-refractivity contribution in [1.29, 1.82) is 0 Å². The van der Waals surface area contributed by atoms with Gasteiger partial charge in [-0.3, -0.25) is 0 Å². The van der Waals surface area contributed by atoms with E-state index in [1.807, 2.05) is 6.92 Å². The zero-order chi connectivity index (χ0) is 11.6. The summed E-state index contributed by atoms with van der Waals surface area (Å²) in [6.45, 7) is 2.00. The average molecular weight is 225 g/mol. The first kappa shape index (κ1) is 11.5. The number of nitrogens with two attached hydrogens (primary N) is 1. The number of aromatic nitrogens is 2. The fraction of sp³-hybridized carbons (Fsp3) is 0.818. The smallest absolute Gasteiger partial charge is 0.243 e. The van der Waals surface area contributed by atoms with E-state index in [1.54, 1.807) is 7.11 Å². The highest BCUT2D eigenvalue weighted by molar-refractivity contribution is 5.05. The van der Waals surface area contributed by atoms with Gasteiger partial charge in [0, 0.05) is 7.11 Å². The quantitative estimate of drug-likeness (QED) is 0.847. The molecule has 0 bridgehead atoms. The minimum Gasteiger partial charge on any atom is -0.370 e. The summed E-state index contributed by atoms with van der Waals surface area (Å²) in [6.07, 6.45) is 5.02. The molecule has 0 amide bonds. The number of ether oxygens (including phenoxy) is 1. The predicted molar refractivity (Wildman–Crippen MR) is 58.7 cm³/mol. The van der Waals surface area contributed by atoms with Gasteiger partial charge in [-0.2, -0.15) is 4.98 Å². The van der Waals surface area contributed by atoms with E-state index in [1.165, 1.54) is 0 Å². The van der Waals surface area contributed by atoms with Crippen LogP contribution in [-0.4, -0.2) is 17.3 Å². The first-order valence-electron chi connectivity index (χ1n) is 5.86. The van der Waals surface area contributed by atoms with Crippen LogP contribution in [0.2, 0.25) is 0 Å². The fourth-order valence-electron chi connectivity index (χ4n) is 2.21. The minimum absolute atomic E-state index is 0.170. The van der Waals surface area contributed by atoms with Gasteiger partial charge in [-0.05, 0) is 32.1 Å². The second-order valence-electron chi connectivity index (χ2n) is 4.38. The molecule has 1 aromatic heterocycles. The monoisotopic (exact) mass is 225 g/mol. The molecule has 2 rings (SSSR count). The zero-order valence-electron chi connectivity index (χ0n) is 9.90. The molecule has 0 spiro atoms. The van der Waals surface area contributed by atoms with Crippen LogP contribution in [-0.2, 0) is 10.3 Å². The Morgan fingerprint density at radius 1 is 1.50 bits per heavy atom. The van der Waals surface area contributed by atoms with E-state index in [9.17, 15) is 0 Å². The molecule has 0 saturated heterocycles. The zero-order valence-corrected chi connectivity index (χ0v) is 9.90. The standard InChI is InChI=1S/C11H19N3O2/c1-3-8(12)9-13-10(14-16-9)11(15-2)6-4-5-7-11/h8H,3-7,12H2,1-2H3. The minimum atomic E-state index is -0.338. The third-order valence-electron chi connectivity index (χ3n) is 3.41. The molecule has 2 N–H and O–H groups in total. The van der Waals surface area contributed by atoms with Gasteiger partial charge in [0.15, 0.2) is 0 Å². The molecular weight excluding hydrogens is 206 g/mol. The molecule has 5 nitrogen and oxygen atoms in total. The van der Waals surface area contributed by atoms with Gasteiger partial charge >= 0.3 is 0 Å². The lowest BCUT2D eigenvalue weighted by molar-refractivity contribution is -0.0178.